The normalized spacial score (nSPS) is 30.4. The van der Waals surface area contributed by atoms with Gasteiger partial charge in [-0.1, -0.05) is 37.0 Å². The predicted molar refractivity (Wildman–Crippen MR) is 98.5 cm³/mol. The highest BCUT2D eigenvalue weighted by Crippen LogP contribution is 2.35. The molecular weight excluding hydrogens is 336 g/mol. The first-order valence-electron chi connectivity index (χ1n) is 9.29. The highest BCUT2D eigenvalue weighted by molar-refractivity contribution is 7.91. The molecule has 1 aromatic rings. The van der Waals surface area contributed by atoms with Crippen molar-refractivity contribution in [2.24, 2.45) is 0 Å². The molecule has 6 heteroatoms. The van der Waals surface area contributed by atoms with E-state index >= 15 is 0 Å². The summed E-state index contributed by atoms with van der Waals surface area (Å²) < 4.78 is 24.8. The average molecular weight is 362 g/mol. The molecule has 0 spiro atoms. The van der Waals surface area contributed by atoms with Gasteiger partial charge in [-0.3, -0.25) is 9.69 Å². The quantitative estimate of drug-likeness (QED) is 0.809. The van der Waals surface area contributed by atoms with Crippen LogP contribution in [-0.2, 0) is 14.6 Å². The third kappa shape index (κ3) is 3.22. The molecule has 2 aliphatic heterocycles. The zero-order chi connectivity index (χ0) is 17.6. The van der Waals surface area contributed by atoms with Crippen LogP contribution >= 0.6 is 0 Å². The molecule has 4 rings (SSSR count). The minimum absolute atomic E-state index is 0.0350. The Hall–Kier alpha value is -1.40. The summed E-state index contributed by atoms with van der Waals surface area (Å²) in [5.41, 5.74) is 1.96. The summed E-state index contributed by atoms with van der Waals surface area (Å²) in [6, 6.07) is 7.88. The number of sulfone groups is 1. The predicted octanol–water partition coefficient (Wildman–Crippen LogP) is 2.14. The first kappa shape index (κ1) is 17.0. The van der Waals surface area contributed by atoms with Gasteiger partial charge in [0.1, 0.15) is 0 Å². The monoisotopic (exact) mass is 362 g/mol. The molecule has 2 heterocycles. The molecule has 2 saturated heterocycles. The van der Waals surface area contributed by atoms with Crippen LogP contribution in [0.4, 0.5) is 5.69 Å². The van der Waals surface area contributed by atoms with Crippen molar-refractivity contribution in [3.63, 3.8) is 0 Å². The standard InChI is InChI=1S/C19H26N2O3S/c1-14-7-9-16(10-8-14)21-18-13-25(23,24)12-17(18)20(11-19(21)22)15-5-3-2-4-6-15/h7-10,15,17-18H,2-6,11-13H2,1H3/t17-,18+/m0/s1. The van der Waals surface area contributed by atoms with Crippen molar-refractivity contribution in [3.8, 4) is 0 Å². The maximum atomic E-state index is 13.0. The van der Waals surface area contributed by atoms with Gasteiger partial charge in [0, 0.05) is 17.8 Å². The third-order valence-corrected chi connectivity index (χ3v) is 7.69. The number of fused-ring (bicyclic) bond motifs is 1. The Morgan fingerprint density at radius 1 is 0.960 bits per heavy atom. The van der Waals surface area contributed by atoms with Gasteiger partial charge in [0.05, 0.1) is 24.1 Å². The number of hydrogen-bond donors (Lipinski definition) is 0. The second-order valence-electron chi connectivity index (χ2n) is 7.78. The Morgan fingerprint density at radius 3 is 2.28 bits per heavy atom. The number of hydrogen-bond acceptors (Lipinski definition) is 4. The highest BCUT2D eigenvalue weighted by atomic mass is 32.2. The lowest BCUT2D eigenvalue weighted by atomic mass is 9.91. The molecule has 1 aromatic carbocycles. The molecule has 3 aliphatic rings. The van der Waals surface area contributed by atoms with Crippen LogP contribution in [0.15, 0.2) is 24.3 Å². The van der Waals surface area contributed by atoms with E-state index < -0.39 is 9.84 Å². The number of piperazine rings is 1. The number of anilines is 1. The van der Waals surface area contributed by atoms with E-state index in [2.05, 4.69) is 4.90 Å². The van der Waals surface area contributed by atoms with Crippen molar-refractivity contribution in [2.75, 3.05) is 23.0 Å². The minimum Gasteiger partial charge on any atom is -0.306 e. The lowest BCUT2D eigenvalue weighted by Gasteiger charge is -2.47. The Kier molecular flexibility index (Phi) is 4.36. The largest absolute Gasteiger partial charge is 0.306 e. The summed E-state index contributed by atoms with van der Waals surface area (Å²) in [4.78, 5) is 17.0. The lowest BCUT2D eigenvalue weighted by Crippen LogP contribution is -2.64. The maximum Gasteiger partial charge on any atom is 0.241 e. The molecule has 1 aliphatic carbocycles. The van der Waals surface area contributed by atoms with Crippen LogP contribution in [0.2, 0.25) is 0 Å². The summed E-state index contributed by atoms with van der Waals surface area (Å²) >= 11 is 0. The molecule has 1 saturated carbocycles. The first-order valence-corrected chi connectivity index (χ1v) is 11.1. The lowest BCUT2D eigenvalue weighted by molar-refractivity contribution is -0.124. The maximum absolute atomic E-state index is 13.0. The second-order valence-corrected chi connectivity index (χ2v) is 9.93. The van der Waals surface area contributed by atoms with Gasteiger partial charge in [-0.2, -0.15) is 0 Å². The summed E-state index contributed by atoms with van der Waals surface area (Å²) in [5, 5.41) is 0. The van der Waals surface area contributed by atoms with Crippen LogP contribution in [0, 0.1) is 6.92 Å². The van der Waals surface area contributed by atoms with Crippen LogP contribution < -0.4 is 4.90 Å². The van der Waals surface area contributed by atoms with Crippen LogP contribution in [0.3, 0.4) is 0 Å². The Morgan fingerprint density at radius 2 is 1.60 bits per heavy atom. The molecule has 2 atom stereocenters. The second kappa shape index (κ2) is 6.40. The van der Waals surface area contributed by atoms with E-state index in [4.69, 9.17) is 0 Å². The van der Waals surface area contributed by atoms with Gasteiger partial charge in [0.2, 0.25) is 5.91 Å². The SMILES string of the molecule is Cc1ccc(N2C(=O)CN(C3CCCCC3)[C@H]3CS(=O)(=O)C[C@H]32)cc1. The average Bonchev–Trinajstić information content (AvgIpc) is 2.91. The van der Waals surface area contributed by atoms with E-state index in [9.17, 15) is 13.2 Å². The molecule has 0 radical (unpaired) electrons. The summed E-state index contributed by atoms with van der Waals surface area (Å²) in [7, 11) is -3.11. The number of carbonyl (C=O) groups is 1. The molecule has 25 heavy (non-hydrogen) atoms. The van der Waals surface area contributed by atoms with E-state index in [0.717, 1.165) is 24.1 Å². The van der Waals surface area contributed by atoms with Crippen LogP contribution in [0.25, 0.3) is 0 Å². The fourth-order valence-electron chi connectivity index (χ4n) is 4.76. The van der Waals surface area contributed by atoms with Crippen LogP contribution in [0.1, 0.15) is 37.7 Å². The topological polar surface area (TPSA) is 57.7 Å². The molecule has 0 aromatic heterocycles. The molecule has 5 nitrogen and oxygen atoms in total. The first-order chi connectivity index (χ1) is 11.9. The fraction of sp³-hybridized carbons (Fsp3) is 0.632. The summed E-state index contributed by atoms with van der Waals surface area (Å²) in [5.74, 6) is 0.303. The number of benzene rings is 1. The van der Waals surface area contributed by atoms with Gasteiger partial charge < -0.3 is 4.90 Å². The van der Waals surface area contributed by atoms with Gasteiger partial charge in [-0.25, -0.2) is 8.42 Å². The molecular formula is C19H26N2O3S. The fourth-order valence-corrected chi connectivity index (χ4v) is 6.72. The van der Waals surface area contributed by atoms with Crippen molar-refractivity contribution in [1.29, 1.82) is 0 Å². The highest BCUT2D eigenvalue weighted by Gasteiger charge is 2.51. The van der Waals surface area contributed by atoms with Crippen molar-refractivity contribution in [1.82, 2.24) is 4.90 Å². The molecule has 136 valence electrons. The molecule has 0 N–H and O–H groups in total. The van der Waals surface area contributed by atoms with Gasteiger partial charge >= 0.3 is 0 Å². The van der Waals surface area contributed by atoms with Crippen molar-refractivity contribution in [2.45, 2.75) is 57.2 Å². The summed E-state index contributed by atoms with van der Waals surface area (Å²) in [6.45, 7) is 2.35. The van der Waals surface area contributed by atoms with Gasteiger partial charge in [0.25, 0.3) is 0 Å². The third-order valence-electron chi connectivity index (χ3n) is 5.99. The van der Waals surface area contributed by atoms with Gasteiger partial charge in [0.15, 0.2) is 9.84 Å². The minimum atomic E-state index is -3.11. The number of rotatable bonds is 2. The zero-order valence-electron chi connectivity index (χ0n) is 14.7. The van der Waals surface area contributed by atoms with E-state index in [1.54, 1.807) is 4.90 Å². The Labute approximate surface area is 149 Å². The van der Waals surface area contributed by atoms with Crippen molar-refractivity contribution < 1.29 is 13.2 Å². The molecule has 0 bridgehead atoms. The molecule has 1 amide bonds. The molecule has 0 unspecified atom stereocenters. The van der Waals surface area contributed by atoms with E-state index in [1.165, 1.54) is 19.3 Å². The number of aryl methyl sites for hydroxylation is 1. The molecule has 3 fully saturated rings. The Bertz CT molecular complexity index is 753. The van der Waals surface area contributed by atoms with E-state index in [0.29, 0.717) is 12.6 Å². The summed E-state index contributed by atoms with van der Waals surface area (Å²) in [6.07, 6.45) is 5.78. The van der Waals surface area contributed by atoms with Crippen LogP contribution in [-0.4, -0.2) is 55.4 Å². The Balaban J connectivity index is 1.67. The van der Waals surface area contributed by atoms with Gasteiger partial charge in [-0.15, -0.1) is 0 Å². The zero-order valence-corrected chi connectivity index (χ0v) is 15.5. The van der Waals surface area contributed by atoms with E-state index in [-0.39, 0.29) is 29.5 Å². The number of nitrogens with zero attached hydrogens (tertiary/aromatic N) is 2. The van der Waals surface area contributed by atoms with Crippen LogP contribution in [0.5, 0.6) is 0 Å². The number of carbonyl (C=O) groups excluding carboxylic acids is 1. The van der Waals surface area contributed by atoms with E-state index in [1.807, 2.05) is 31.2 Å². The van der Waals surface area contributed by atoms with Crippen molar-refractivity contribution >= 4 is 21.4 Å². The van der Waals surface area contributed by atoms with Gasteiger partial charge in [-0.05, 0) is 31.9 Å². The van der Waals surface area contributed by atoms with Crippen molar-refractivity contribution in [3.05, 3.63) is 29.8 Å². The number of amides is 1. The smallest absolute Gasteiger partial charge is 0.241 e.